The SMILES string of the molecule is CCC1=C2c3cc4c(cc3CCN2C(C(Cl)(Cl)Cl)c2c1ccc1c2OCO1)OCO4. The van der Waals surface area contributed by atoms with Crippen LogP contribution in [-0.4, -0.2) is 28.8 Å². The molecule has 0 N–H and O–H groups in total. The topological polar surface area (TPSA) is 40.2 Å². The Morgan fingerprint density at radius 2 is 1.70 bits per heavy atom. The van der Waals surface area contributed by atoms with E-state index in [0.29, 0.717) is 18.0 Å². The Morgan fingerprint density at radius 1 is 0.967 bits per heavy atom. The average molecular weight is 467 g/mol. The number of halogens is 3. The summed E-state index contributed by atoms with van der Waals surface area (Å²) in [5.74, 6) is 2.90. The van der Waals surface area contributed by atoms with Crippen molar-refractivity contribution in [1.82, 2.24) is 4.90 Å². The molecule has 0 saturated carbocycles. The fourth-order valence-electron chi connectivity index (χ4n) is 5.02. The van der Waals surface area contributed by atoms with Crippen LogP contribution < -0.4 is 18.9 Å². The van der Waals surface area contributed by atoms with E-state index in [-0.39, 0.29) is 13.6 Å². The maximum absolute atomic E-state index is 6.60. The third-order valence-electron chi connectivity index (χ3n) is 6.20. The number of ether oxygens (including phenoxy) is 4. The molecular formula is C22H18Cl3NO4. The van der Waals surface area contributed by atoms with Crippen molar-refractivity contribution < 1.29 is 18.9 Å². The van der Waals surface area contributed by atoms with E-state index in [9.17, 15) is 0 Å². The molecule has 2 aromatic carbocycles. The Hall–Kier alpha value is -1.95. The Labute approximate surface area is 189 Å². The summed E-state index contributed by atoms with van der Waals surface area (Å²) < 4.78 is 21.1. The summed E-state index contributed by atoms with van der Waals surface area (Å²) in [5, 5.41) is 0. The highest BCUT2D eigenvalue weighted by Gasteiger charge is 2.48. The number of hydrogen-bond acceptors (Lipinski definition) is 5. The van der Waals surface area contributed by atoms with Gasteiger partial charge in [0.2, 0.25) is 17.4 Å². The lowest BCUT2D eigenvalue weighted by Gasteiger charge is -2.47. The number of rotatable bonds is 1. The maximum Gasteiger partial charge on any atom is 0.231 e. The van der Waals surface area contributed by atoms with Gasteiger partial charge in [0.1, 0.15) is 6.04 Å². The van der Waals surface area contributed by atoms with Crippen LogP contribution in [0.5, 0.6) is 23.0 Å². The van der Waals surface area contributed by atoms with Gasteiger partial charge in [0.15, 0.2) is 23.0 Å². The van der Waals surface area contributed by atoms with E-state index in [1.54, 1.807) is 0 Å². The zero-order valence-corrected chi connectivity index (χ0v) is 18.4. The Morgan fingerprint density at radius 3 is 2.47 bits per heavy atom. The van der Waals surface area contributed by atoms with Gasteiger partial charge in [-0.3, -0.25) is 0 Å². The molecule has 4 aliphatic rings. The molecule has 8 heteroatoms. The van der Waals surface area contributed by atoms with Gasteiger partial charge in [0, 0.05) is 23.4 Å². The molecule has 0 fully saturated rings. The van der Waals surface area contributed by atoms with E-state index in [0.717, 1.165) is 46.7 Å². The van der Waals surface area contributed by atoms with Gasteiger partial charge in [-0.2, -0.15) is 0 Å². The monoisotopic (exact) mass is 465 g/mol. The molecule has 1 atom stereocenters. The number of nitrogens with zero attached hydrogens (tertiary/aromatic N) is 1. The molecule has 0 saturated heterocycles. The lowest BCUT2D eigenvalue weighted by Crippen LogP contribution is -2.42. The Kier molecular flexibility index (Phi) is 4.09. The predicted molar refractivity (Wildman–Crippen MR) is 116 cm³/mol. The first-order chi connectivity index (χ1) is 14.5. The first kappa shape index (κ1) is 18.8. The molecule has 6 rings (SSSR count). The van der Waals surface area contributed by atoms with Crippen LogP contribution in [0.1, 0.15) is 41.6 Å². The van der Waals surface area contributed by atoms with Crippen LogP contribution in [0.2, 0.25) is 0 Å². The summed E-state index contributed by atoms with van der Waals surface area (Å²) >= 11 is 19.8. The van der Waals surface area contributed by atoms with Crippen molar-refractivity contribution in [3.63, 3.8) is 0 Å². The second kappa shape index (κ2) is 6.52. The van der Waals surface area contributed by atoms with E-state index in [4.69, 9.17) is 53.8 Å². The van der Waals surface area contributed by atoms with Gasteiger partial charge in [-0.15, -0.1) is 0 Å². The highest BCUT2D eigenvalue weighted by molar-refractivity contribution is 6.68. The van der Waals surface area contributed by atoms with Gasteiger partial charge in [-0.25, -0.2) is 0 Å². The van der Waals surface area contributed by atoms with Crippen molar-refractivity contribution in [1.29, 1.82) is 0 Å². The molecule has 30 heavy (non-hydrogen) atoms. The molecule has 0 amide bonds. The van der Waals surface area contributed by atoms with Crippen LogP contribution >= 0.6 is 34.8 Å². The predicted octanol–water partition coefficient (Wildman–Crippen LogP) is 5.71. The summed E-state index contributed by atoms with van der Waals surface area (Å²) in [7, 11) is 0. The summed E-state index contributed by atoms with van der Waals surface area (Å²) in [6.45, 7) is 3.27. The zero-order valence-electron chi connectivity index (χ0n) is 16.1. The highest BCUT2D eigenvalue weighted by atomic mass is 35.6. The van der Waals surface area contributed by atoms with Crippen LogP contribution in [0.25, 0.3) is 11.3 Å². The molecule has 0 bridgehead atoms. The van der Waals surface area contributed by atoms with E-state index in [2.05, 4.69) is 30.0 Å². The van der Waals surface area contributed by atoms with Gasteiger partial charge < -0.3 is 23.8 Å². The quantitative estimate of drug-likeness (QED) is 0.504. The maximum atomic E-state index is 6.60. The van der Waals surface area contributed by atoms with Crippen molar-refractivity contribution in [2.24, 2.45) is 0 Å². The van der Waals surface area contributed by atoms with Crippen molar-refractivity contribution in [2.75, 3.05) is 20.1 Å². The number of allylic oxidation sites excluding steroid dienone is 1. The molecule has 0 spiro atoms. The number of fused-ring (bicyclic) bond motifs is 7. The van der Waals surface area contributed by atoms with Crippen LogP contribution in [0, 0.1) is 0 Å². The summed E-state index contributed by atoms with van der Waals surface area (Å²) in [6.07, 6.45) is 1.63. The number of hydrogen-bond donors (Lipinski definition) is 0. The van der Waals surface area contributed by atoms with Crippen molar-refractivity contribution in [3.8, 4) is 23.0 Å². The summed E-state index contributed by atoms with van der Waals surface area (Å²) in [6, 6.07) is 7.62. The zero-order chi connectivity index (χ0) is 20.6. The molecular weight excluding hydrogens is 449 g/mol. The minimum Gasteiger partial charge on any atom is -0.454 e. The lowest BCUT2D eigenvalue weighted by atomic mass is 9.81. The Balaban J connectivity index is 1.66. The van der Waals surface area contributed by atoms with E-state index in [1.807, 2.05) is 6.07 Å². The largest absolute Gasteiger partial charge is 0.454 e. The smallest absolute Gasteiger partial charge is 0.231 e. The standard InChI is InChI=1S/C22H18Cl3NO4/c1-2-12-13-3-4-15-20(30-10-27-15)18(13)21(22(23,24)25)26-6-5-11-7-16-17(29-9-28-16)8-14(11)19(12)26/h3-4,7-8,21H,2,5-6,9-10H2,1H3. The van der Waals surface area contributed by atoms with Crippen LogP contribution in [-0.2, 0) is 6.42 Å². The van der Waals surface area contributed by atoms with Crippen LogP contribution in [0.15, 0.2) is 24.3 Å². The van der Waals surface area contributed by atoms with Gasteiger partial charge >= 0.3 is 0 Å². The third-order valence-corrected chi connectivity index (χ3v) is 6.82. The fraction of sp³-hybridized carbons (Fsp3) is 0.364. The minimum absolute atomic E-state index is 0.169. The molecule has 5 nitrogen and oxygen atoms in total. The molecule has 0 aromatic heterocycles. The normalized spacial score (nSPS) is 20.8. The van der Waals surface area contributed by atoms with Crippen molar-refractivity contribution in [3.05, 3.63) is 46.5 Å². The van der Waals surface area contributed by atoms with E-state index < -0.39 is 9.83 Å². The lowest BCUT2D eigenvalue weighted by molar-refractivity contribution is 0.171. The fourth-order valence-corrected chi connectivity index (χ4v) is 5.70. The number of benzene rings is 2. The van der Waals surface area contributed by atoms with Crippen molar-refractivity contribution in [2.45, 2.75) is 29.6 Å². The first-order valence-electron chi connectivity index (χ1n) is 9.89. The van der Waals surface area contributed by atoms with Gasteiger partial charge in [-0.05, 0) is 47.7 Å². The molecule has 4 heterocycles. The average Bonchev–Trinajstić information content (AvgIpc) is 3.37. The van der Waals surface area contributed by atoms with Crippen LogP contribution in [0.4, 0.5) is 0 Å². The molecule has 0 aliphatic carbocycles. The van der Waals surface area contributed by atoms with Crippen molar-refractivity contribution >= 4 is 46.1 Å². The molecule has 156 valence electrons. The third kappa shape index (κ3) is 2.55. The van der Waals surface area contributed by atoms with E-state index >= 15 is 0 Å². The molecule has 2 aromatic rings. The minimum atomic E-state index is -1.56. The first-order valence-corrected chi connectivity index (χ1v) is 11.0. The highest BCUT2D eigenvalue weighted by Crippen LogP contribution is 2.59. The Bertz CT molecular complexity index is 1110. The number of alkyl halides is 3. The van der Waals surface area contributed by atoms with Crippen LogP contribution in [0.3, 0.4) is 0 Å². The summed E-state index contributed by atoms with van der Waals surface area (Å²) in [4.78, 5) is 2.21. The summed E-state index contributed by atoms with van der Waals surface area (Å²) in [5.41, 5.74) is 6.51. The van der Waals surface area contributed by atoms with Gasteiger partial charge in [0.05, 0.1) is 0 Å². The molecule has 0 radical (unpaired) electrons. The van der Waals surface area contributed by atoms with Gasteiger partial charge in [-0.1, -0.05) is 47.8 Å². The van der Waals surface area contributed by atoms with E-state index in [1.165, 1.54) is 11.1 Å². The second-order valence-corrected chi connectivity index (χ2v) is 10.1. The second-order valence-electron chi connectivity index (χ2n) is 7.69. The molecule has 4 aliphatic heterocycles. The molecule has 1 unspecified atom stereocenters. The van der Waals surface area contributed by atoms with Gasteiger partial charge in [0.25, 0.3) is 0 Å².